The van der Waals surface area contributed by atoms with Crippen LogP contribution in [0.25, 0.3) is 21.9 Å². The zero-order chi connectivity index (χ0) is 24.8. The third-order valence-electron chi connectivity index (χ3n) is 7.37. The predicted octanol–water partition coefficient (Wildman–Crippen LogP) is 4.21. The normalized spacial score (nSPS) is 20.3. The second kappa shape index (κ2) is 9.46. The fraction of sp³-hybridized carbons (Fsp3) is 0.462. The molecule has 0 saturated carbocycles. The van der Waals surface area contributed by atoms with Crippen LogP contribution in [0.4, 0.5) is 11.6 Å². The molecule has 0 amide bonds. The Hall–Kier alpha value is -3.01. The molecule has 0 spiro atoms. The van der Waals surface area contributed by atoms with Crippen LogP contribution in [0.2, 0.25) is 5.02 Å². The SMILES string of the molecule is C[C@@H](c1cc2cccc(Cl)c2c(N2CCN(C)CC2)n1)c1nc(N)c2ncn(C3CCCCO3)c2n1. The largest absolute Gasteiger partial charge is 0.382 e. The molecular weight excluding hydrogens is 476 g/mol. The van der Waals surface area contributed by atoms with E-state index >= 15 is 0 Å². The molecule has 0 radical (unpaired) electrons. The van der Waals surface area contributed by atoms with Gasteiger partial charge in [-0.3, -0.25) is 4.57 Å². The monoisotopic (exact) mass is 506 g/mol. The number of imidazole rings is 1. The number of pyridine rings is 1. The minimum atomic E-state index is -0.179. The van der Waals surface area contributed by atoms with Crippen LogP contribution in [0.3, 0.4) is 0 Å². The minimum absolute atomic E-state index is 0.0778. The van der Waals surface area contributed by atoms with Crippen LogP contribution in [-0.2, 0) is 4.74 Å². The van der Waals surface area contributed by atoms with Crippen LogP contribution in [0.5, 0.6) is 0 Å². The summed E-state index contributed by atoms with van der Waals surface area (Å²) < 4.78 is 7.99. The molecule has 2 fully saturated rings. The number of hydrogen-bond donors (Lipinski definition) is 1. The van der Waals surface area contributed by atoms with Crippen LogP contribution < -0.4 is 10.6 Å². The first-order chi connectivity index (χ1) is 17.5. The molecule has 6 rings (SSSR count). The lowest BCUT2D eigenvalue weighted by atomic mass is 10.0. The molecule has 4 aromatic rings. The number of hydrogen-bond acceptors (Lipinski definition) is 8. The lowest BCUT2D eigenvalue weighted by Crippen LogP contribution is -2.45. The van der Waals surface area contributed by atoms with Crippen molar-refractivity contribution >= 4 is 45.2 Å². The molecule has 2 N–H and O–H groups in total. The Kier molecular flexibility index (Phi) is 6.15. The molecule has 2 atom stereocenters. The summed E-state index contributed by atoms with van der Waals surface area (Å²) in [6.07, 6.45) is 4.82. The van der Waals surface area contributed by atoms with E-state index in [2.05, 4.69) is 45.9 Å². The molecule has 0 aliphatic carbocycles. The van der Waals surface area contributed by atoms with Crippen molar-refractivity contribution in [2.24, 2.45) is 0 Å². The van der Waals surface area contributed by atoms with Crippen molar-refractivity contribution in [2.45, 2.75) is 38.3 Å². The van der Waals surface area contributed by atoms with Gasteiger partial charge < -0.3 is 20.3 Å². The number of anilines is 2. The number of aromatic nitrogens is 5. The van der Waals surface area contributed by atoms with Gasteiger partial charge in [0.05, 0.1) is 23.0 Å². The molecule has 2 aliphatic rings. The van der Waals surface area contributed by atoms with E-state index in [1.54, 1.807) is 6.33 Å². The van der Waals surface area contributed by atoms with Gasteiger partial charge in [-0.2, -0.15) is 0 Å². The number of ether oxygens (including phenoxy) is 1. The number of nitrogens with zero attached hydrogens (tertiary/aromatic N) is 7. The van der Waals surface area contributed by atoms with Gasteiger partial charge in [0.1, 0.15) is 23.4 Å². The second-order valence-electron chi connectivity index (χ2n) is 9.83. The van der Waals surface area contributed by atoms with Crippen molar-refractivity contribution in [1.29, 1.82) is 0 Å². The van der Waals surface area contributed by atoms with E-state index in [-0.39, 0.29) is 12.1 Å². The fourth-order valence-electron chi connectivity index (χ4n) is 5.17. The topological polar surface area (TPSA) is 98.2 Å². The molecule has 36 heavy (non-hydrogen) atoms. The summed E-state index contributed by atoms with van der Waals surface area (Å²) in [7, 11) is 2.15. The van der Waals surface area contributed by atoms with Gasteiger partial charge in [0.2, 0.25) is 0 Å². The Morgan fingerprint density at radius 1 is 1.11 bits per heavy atom. The van der Waals surface area contributed by atoms with E-state index in [1.807, 2.05) is 16.7 Å². The average molecular weight is 507 g/mol. The Labute approximate surface area is 215 Å². The number of rotatable bonds is 4. The van der Waals surface area contributed by atoms with Gasteiger partial charge in [-0.25, -0.2) is 19.9 Å². The lowest BCUT2D eigenvalue weighted by Gasteiger charge is -2.34. The van der Waals surface area contributed by atoms with Gasteiger partial charge in [0, 0.05) is 38.2 Å². The summed E-state index contributed by atoms with van der Waals surface area (Å²) in [4.78, 5) is 23.9. The van der Waals surface area contributed by atoms with Crippen molar-refractivity contribution < 1.29 is 4.74 Å². The standard InChI is InChI=1S/C26H31ClN8O/c1-16(24-31-23(28)22-26(32-24)35(15-29-22)20-8-3-4-13-36-20)19-14-17-6-5-7-18(27)21(17)25(30-19)34-11-9-33(2)10-12-34/h5-7,14-16,20H,3-4,8-13H2,1-2H3,(H2,28,31,32)/t16-,20?/m0/s1. The summed E-state index contributed by atoms with van der Waals surface area (Å²) in [5, 5.41) is 2.76. The number of likely N-dealkylation sites (N-methyl/N-ethyl adjacent to an activating group) is 1. The maximum Gasteiger partial charge on any atom is 0.167 e. The van der Waals surface area contributed by atoms with Crippen LogP contribution in [0.1, 0.15) is 49.9 Å². The third kappa shape index (κ3) is 4.15. The first-order valence-electron chi connectivity index (χ1n) is 12.6. The summed E-state index contributed by atoms with van der Waals surface area (Å²) >= 11 is 6.68. The second-order valence-corrected chi connectivity index (χ2v) is 10.2. The van der Waals surface area contributed by atoms with Crippen molar-refractivity contribution in [2.75, 3.05) is 50.5 Å². The van der Waals surface area contributed by atoms with E-state index in [0.717, 1.165) is 74.3 Å². The summed E-state index contributed by atoms with van der Waals surface area (Å²) in [5.41, 5.74) is 8.57. The van der Waals surface area contributed by atoms with Gasteiger partial charge in [-0.15, -0.1) is 0 Å². The highest BCUT2D eigenvalue weighted by atomic mass is 35.5. The van der Waals surface area contributed by atoms with E-state index < -0.39 is 0 Å². The average Bonchev–Trinajstić information content (AvgIpc) is 3.33. The van der Waals surface area contributed by atoms with Crippen LogP contribution in [-0.4, -0.2) is 69.2 Å². The summed E-state index contributed by atoms with van der Waals surface area (Å²) in [5.74, 6) is 1.74. The number of nitrogens with two attached hydrogens (primary N) is 1. The fourth-order valence-corrected chi connectivity index (χ4v) is 5.44. The molecule has 0 bridgehead atoms. The molecule has 10 heteroatoms. The predicted molar refractivity (Wildman–Crippen MR) is 143 cm³/mol. The Morgan fingerprint density at radius 2 is 1.94 bits per heavy atom. The summed E-state index contributed by atoms with van der Waals surface area (Å²) in [6.45, 7) is 6.58. The lowest BCUT2D eigenvalue weighted by molar-refractivity contribution is -0.0298. The number of piperazine rings is 1. The number of benzene rings is 1. The zero-order valence-corrected chi connectivity index (χ0v) is 21.4. The highest BCUT2D eigenvalue weighted by Crippen LogP contribution is 2.36. The first-order valence-corrected chi connectivity index (χ1v) is 13.0. The molecule has 5 heterocycles. The van der Waals surface area contributed by atoms with Gasteiger partial charge in [-0.1, -0.05) is 23.7 Å². The first kappa shape index (κ1) is 23.4. The zero-order valence-electron chi connectivity index (χ0n) is 20.7. The summed E-state index contributed by atoms with van der Waals surface area (Å²) in [6, 6.07) is 8.10. The van der Waals surface area contributed by atoms with Crippen LogP contribution in [0, 0.1) is 0 Å². The van der Waals surface area contributed by atoms with Crippen LogP contribution in [0.15, 0.2) is 30.6 Å². The minimum Gasteiger partial charge on any atom is -0.382 e. The van der Waals surface area contributed by atoms with Gasteiger partial charge in [0.15, 0.2) is 11.5 Å². The maximum absolute atomic E-state index is 6.68. The molecule has 9 nitrogen and oxygen atoms in total. The highest BCUT2D eigenvalue weighted by Gasteiger charge is 2.25. The Bertz CT molecular complexity index is 1410. The Morgan fingerprint density at radius 3 is 2.72 bits per heavy atom. The maximum atomic E-state index is 6.68. The van der Waals surface area contributed by atoms with E-state index in [1.165, 1.54) is 0 Å². The van der Waals surface area contributed by atoms with Gasteiger partial charge in [-0.05, 0) is 50.8 Å². The highest BCUT2D eigenvalue weighted by molar-refractivity contribution is 6.36. The molecule has 1 aromatic carbocycles. The molecule has 188 valence electrons. The third-order valence-corrected chi connectivity index (χ3v) is 7.69. The van der Waals surface area contributed by atoms with Crippen molar-refractivity contribution in [3.8, 4) is 0 Å². The van der Waals surface area contributed by atoms with Gasteiger partial charge >= 0.3 is 0 Å². The molecule has 2 aliphatic heterocycles. The molecular formula is C26H31ClN8O. The Balaban J connectivity index is 1.43. The van der Waals surface area contributed by atoms with Crippen molar-refractivity contribution in [3.05, 3.63) is 47.1 Å². The van der Waals surface area contributed by atoms with E-state index in [0.29, 0.717) is 27.8 Å². The smallest absolute Gasteiger partial charge is 0.167 e. The molecule has 1 unspecified atom stereocenters. The van der Waals surface area contributed by atoms with Gasteiger partial charge in [0.25, 0.3) is 0 Å². The molecule has 2 saturated heterocycles. The van der Waals surface area contributed by atoms with Crippen LogP contribution >= 0.6 is 11.6 Å². The van der Waals surface area contributed by atoms with Crippen molar-refractivity contribution in [3.63, 3.8) is 0 Å². The molecule has 3 aromatic heterocycles. The van der Waals surface area contributed by atoms with E-state index in [9.17, 15) is 0 Å². The quantitative estimate of drug-likeness (QED) is 0.439. The number of fused-ring (bicyclic) bond motifs is 2. The van der Waals surface area contributed by atoms with E-state index in [4.69, 9.17) is 32.0 Å². The van der Waals surface area contributed by atoms with Crippen molar-refractivity contribution in [1.82, 2.24) is 29.4 Å². The number of nitrogen functional groups attached to an aromatic ring is 1. The number of halogens is 1.